The fourth-order valence-corrected chi connectivity index (χ4v) is 2.16. The van der Waals surface area contributed by atoms with E-state index < -0.39 is 34.8 Å². The second-order valence-corrected chi connectivity index (χ2v) is 5.63. The predicted octanol–water partition coefficient (Wildman–Crippen LogP) is 5.04. The molecular weight excluding hydrogens is 329 g/mol. The van der Waals surface area contributed by atoms with Gasteiger partial charge in [0.1, 0.15) is 11.4 Å². The van der Waals surface area contributed by atoms with Crippen LogP contribution in [0.5, 0.6) is 5.75 Å². The molecule has 7 heteroatoms. The van der Waals surface area contributed by atoms with Crippen molar-refractivity contribution in [1.82, 2.24) is 0 Å². The third-order valence-corrected chi connectivity index (χ3v) is 3.30. The molecule has 0 radical (unpaired) electrons. The maximum absolute atomic E-state index is 13.6. The van der Waals surface area contributed by atoms with Crippen LogP contribution < -0.4 is 0 Å². The van der Waals surface area contributed by atoms with Crippen molar-refractivity contribution in [3.8, 4) is 5.75 Å². The topological polar surface area (TPSA) is 32.6 Å². The zero-order chi connectivity index (χ0) is 18.0. The molecule has 0 amide bonds. The Bertz CT molecular complexity index is 773. The number of para-hydroxylation sites is 1. The van der Waals surface area contributed by atoms with Gasteiger partial charge in [-0.05, 0) is 24.0 Å². The standard InChI is InChI=1S/C17H14F5NO/c1-8(2)6-9-4-3-5-10(17(9)24)7-23-16-14(21)12(19)11(18)13(20)15(16)22/h3-5,7-8,24H,6H2,1-2H3. The van der Waals surface area contributed by atoms with E-state index in [1.54, 1.807) is 12.1 Å². The summed E-state index contributed by atoms with van der Waals surface area (Å²) < 4.78 is 66.4. The molecule has 0 aliphatic heterocycles. The molecule has 0 aliphatic carbocycles. The second-order valence-electron chi connectivity index (χ2n) is 5.63. The van der Waals surface area contributed by atoms with Gasteiger partial charge >= 0.3 is 0 Å². The summed E-state index contributed by atoms with van der Waals surface area (Å²) in [5.74, 6) is -10.3. The molecule has 0 spiro atoms. The lowest BCUT2D eigenvalue weighted by Gasteiger charge is -2.09. The minimum Gasteiger partial charge on any atom is -0.507 e. The van der Waals surface area contributed by atoms with Gasteiger partial charge in [0.2, 0.25) is 5.82 Å². The number of phenols is 1. The fourth-order valence-electron chi connectivity index (χ4n) is 2.16. The summed E-state index contributed by atoms with van der Waals surface area (Å²) in [7, 11) is 0. The van der Waals surface area contributed by atoms with Crippen molar-refractivity contribution in [1.29, 1.82) is 0 Å². The number of hydrogen-bond donors (Lipinski definition) is 1. The predicted molar refractivity (Wildman–Crippen MR) is 80.1 cm³/mol. The van der Waals surface area contributed by atoms with Gasteiger partial charge < -0.3 is 5.11 Å². The highest BCUT2D eigenvalue weighted by atomic mass is 19.2. The SMILES string of the molecule is CC(C)Cc1cccc(C=Nc2c(F)c(F)c(F)c(F)c2F)c1O. The van der Waals surface area contributed by atoms with Crippen molar-refractivity contribution >= 4 is 11.9 Å². The van der Waals surface area contributed by atoms with Crippen molar-refractivity contribution in [2.75, 3.05) is 0 Å². The quantitative estimate of drug-likeness (QED) is 0.359. The molecule has 0 aliphatic rings. The zero-order valence-electron chi connectivity index (χ0n) is 12.9. The average molecular weight is 343 g/mol. The summed E-state index contributed by atoms with van der Waals surface area (Å²) in [5, 5.41) is 10.1. The summed E-state index contributed by atoms with van der Waals surface area (Å²) in [4.78, 5) is 3.34. The Balaban J connectivity index is 2.46. The lowest BCUT2D eigenvalue weighted by molar-refractivity contribution is 0.381. The first-order valence-corrected chi connectivity index (χ1v) is 7.10. The van der Waals surface area contributed by atoms with Crippen LogP contribution in [0, 0.1) is 35.0 Å². The smallest absolute Gasteiger partial charge is 0.200 e. The summed E-state index contributed by atoms with van der Waals surface area (Å²) in [6.45, 7) is 3.88. The van der Waals surface area contributed by atoms with Gasteiger partial charge in [-0.25, -0.2) is 26.9 Å². The number of halogens is 5. The molecule has 2 rings (SSSR count). The molecule has 24 heavy (non-hydrogen) atoms. The van der Waals surface area contributed by atoms with Gasteiger partial charge in [-0.2, -0.15) is 0 Å². The van der Waals surface area contributed by atoms with Crippen molar-refractivity contribution < 1.29 is 27.1 Å². The Morgan fingerprint density at radius 3 is 2.04 bits per heavy atom. The highest BCUT2D eigenvalue weighted by molar-refractivity contribution is 5.86. The first-order valence-electron chi connectivity index (χ1n) is 7.10. The number of aliphatic imine (C=N–C) groups is 1. The van der Waals surface area contributed by atoms with Gasteiger partial charge in [-0.15, -0.1) is 0 Å². The first kappa shape index (κ1) is 17.9. The molecule has 2 nitrogen and oxygen atoms in total. The molecule has 1 N–H and O–H groups in total. The van der Waals surface area contributed by atoms with Crippen LogP contribution in [0.2, 0.25) is 0 Å². The van der Waals surface area contributed by atoms with E-state index in [0.717, 1.165) is 6.21 Å². The van der Waals surface area contributed by atoms with Gasteiger partial charge in [-0.1, -0.05) is 26.0 Å². The minimum absolute atomic E-state index is 0.108. The van der Waals surface area contributed by atoms with E-state index in [1.807, 2.05) is 13.8 Å². The van der Waals surface area contributed by atoms with Gasteiger partial charge in [0, 0.05) is 11.8 Å². The normalized spacial score (nSPS) is 11.7. The Labute approximate surface area is 135 Å². The molecule has 0 unspecified atom stereocenters. The monoisotopic (exact) mass is 343 g/mol. The molecule has 2 aromatic carbocycles. The van der Waals surface area contributed by atoms with Crippen molar-refractivity contribution in [3.05, 3.63) is 58.4 Å². The highest BCUT2D eigenvalue weighted by Crippen LogP contribution is 2.30. The molecule has 2 aromatic rings. The van der Waals surface area contributed by atoms with Crippen LogP contribution >= 0.6 is 0 Å². The van der Waals surface area contributed by atoms with Gasteiger partial charge in [-0.3, -0.25) is 0 Å². The number of phenolic OH excluding ortho intramolecular Hbond substituents is 1. The Hall–Kier alpha value is -2.44. The molecule has 0 aromatic heterocycles. The highest BCUT2D eigenvalue weighted by Gasteiger charge is 2.25. The molecule has 0 bridgehead atoms. The fraction of sp³-hybridized carbons (Fsp3) is 0.235. The Morgan fingerprint density at radius 2 is 1.50 bits per heavy atom. The van der Waals surface area contributed by atoms with E-state index in [0.29, 0.717) is 12.0 Å². The third kappa shape index (κ3) is 3.39. The van der Waals surface area contributed by atoms with Crippen LogP contribution in [0.25, 0.3) is 0 Å². The number of hydrogen-bond acceptors (Lipinski definition) is 2. The van der Waals surface area contributed by atoms with E-state index in [2.05, 4.69) is 4.99 Å². The third-order valence-electron chi connectivity index (χ3n) is 3.30. The van der Waals surface area contributed by atoms with E-state index in [4.69, 9.17) is 0 Å². The number of rotatable bonds is 4. The van der Waals surface area contributed by atoms with Gasteiger partial charge in [0.15, 0.2) is 23.3 Å². The van der Waals surface area contributed by atoms with Gasteiger partial charge in [0.05, 0.1) is 0 Å². The first-order chi connectivity index (χ1) is 11.2. The van der Waals surface area contributed by atoms with E-state index in [-0.39, 0.29) is 17.2 Å². The number of nitrogens with zero attached hydrogens (tertiary/aromatic N) is 1. The van der Waals surface area contributed by atoms with Crippen molar-refractivity contribution in [2.24, 2.45) is 10.9 Å². The minimum atomic E-state index is -2.24. The van der Waals surface area contributed by atoms with Crippen molar-refractivity contribution in [2.45, 2.75) is 20.3 Å². The summed E-state index contributed by atoms with van der Waals surface area (Å²) in [6.07, 6.45) is 1.41. The summed E-state index contributed by atoms with van der Waals surface area (Å²) in [5.41, 5.74) is -0.608. The summed E-state index contributed by atoms with van der Waals surface area (Å²) >= 11 is 0. The lowest BCUT2D eigenvalue weighted by atomic mass is 10.00. The second kappa shape index (κ2) is 6.98. The molecule has 0 atom stereocenters. The maximum atomic E-state index is 13.6. The number of aromatic hydroxyl groups is 1. The number of benzene rings is 2. The molecular formula is C17H14F5NO. The van der Waals surface area contributed by atoms with Crippen LogP contribution in [0.1, 0.15) is 25.0 Å². The van der Waals surface area contributed by atoms with Crippen LogP contribution in [-0.4, -0.2) is 11.3 Å². The van der Waals surface area contributed by atoms with Crippen molar-refractivity contribution in [3.63, 3.8) is 0 Å². The van der Waals surface area contributed by atoms with E-state index in [9.17, 15) is 27.1 Å². The largest absolute Gasteiger partial charge is 0.507 e. The molecule has 128 valence electrons. The Kier molecular flexibility index (Phi) is 5.21. The molecule has 0 heterocycles. The molecule has 0 fully saturated rings. The molecule has 0 saturated heterocycles. The Morgan fingerprint density at radius 1 is 0.958 bits per heavy atom. The van der Waals surface area contributed by atoms with Crippen LogP contribution in [0.4, 0.5) is 27.6 Å². The van der Waals surface area contributed by atoms with E-state index in [1.165, 1.54) is 6.07 Å². The summed E-state index contributed by atoms with van der Waals surface area (Å²) in [6, 6.07) is 4.68. The van der Waals surface area contributed by atoms with E-state index >= 15 is 0 Å². The lowest BCUT2D eigenvalue weighted by Crippen LogP contribution is -2.01. The average Bonchev–Trinajstić information content (AvgIpc) is 2.54. The molecule has 0 saturated carbocycles. The van der Waals surface area contributed by atoms with Crippen LogP contribution in [-0.2, 0) is 6.42 Å². The van der Waals surface area contributed by atoms with Crippen LogP contribution in [0.3, 0.4) is 0 Å². The van der Waals surface area contributed by atoms with Gasteiger partial charge in [0.25, 0.3) is 0 Å². The zero-order valence-corrected chi connectivity index (χ0v) is 12.9. The van der Waals surface area contributed by atoms with Crippen LogP contribution in [0.15, 0.2) is 23.2 Å². The maximum Gasteiger partial charge on any atom is 0.200 e.